The Hall–Kier alpha value is -1.74. The lowest BCUT2D eigenvalue weighted by molar-refractivity contribution is 0.372. The van der Waals surface area contributed by atoms with E-state index >= 15 is 0 Å². The van der Waals surface area contributed by atoms with E-state index in [0.29, 0.717) is 17.4 Å². The number of nitrogens with one attached hydrogen (secondary N) is 1. The molecule has 0 aromatic heterocycles. The first kappa shape index (κ1) is 14.2. The van der Waals surface area contributed by atoms with Crippen LogP contribution in [0, 0.1) is 5.82 Å². The Balaban J connectivity index is 1.64. The zero-order chi connectivity index (χ0) is 14.8. The van der Waals surface area contributed by atoms with Crippen LogP contribution in [-0.4, -0.2) is 13.2 Å². The first-order valence-corrected chi connectivity index (χ1v) is 7.39. The summed E-state index contributed by atoms with van der Waals surface area (Å²) < 4.78 is 18.9. The van der Waals surface area contributed by atoms with Gasteiger partial charge >= 0.3 is 0 Å². The number of rotatable bonds is 4. The molecular formula is C17H17ClFNO. The zero-order valence-corrected chi connectivity index (χ0v) is 12.5. The summed E-state index contributed by atoms with van der Waals surface area (Å²) >= 11 is 6.21. The van der Waals surface area contributed by atoms with Crippen molar-refractivity contribution < 1.29 is 9.13 Å². The highest BCUT2D eigenvalue weighted by atomic mass is 35.5. The summed E-state index contributed by atoms with van der Waals surface area (Å²) in [4.78, 5) is 0. The second kappa shape index (κ2) is 5.94. The van der Waals surface area contributed by atoms with E-state index in [2.05, 4.69) is 11.4 Å². The molecule has 0 saturated heterocycles. The minimum atomic E-state index is -0.253. The molecule has 0 bridgehead atoms. The van der Waals surface area contributed by atoms with Crippen LogP contribution in [0.1, 0.15) is 24.3 Å². The molecular weight excluding hydrogens is 289 g/mol. The van der Waals surface area contributed by atoms with Crippen LogP contribution in [0.4, 0.5) is 10.1 Å². The van der Waals surface area contributed by atoms with Gasteiger partial charge in [0.05, 0.1) is 12.8 Å². The third kappa shape index (κ3) is 2.98. The van der Waals surface area contributed by atoms with Crippen molar-refractivity contribution in [1.82, 2.24) is 0 Å². The predicted octanol–water partition coefficient (Wildman–Crippen LogP) is 4.85. The summed E-state index contributed by atoms with van der Waals surface area (Å²) in [6.07, 6.45) is 1.92. The molecule has 1 aliphatic carbocycles. The van der Waals surface area contributed by atoms with Crippen molar-refractivity contribution >= 4 is 17.3 Å². The summed E-state index contributed by atoms with van der Waals surface area (Å²) in [5.41, 5.74) is 1.68. The van der Waals surface area contributed by atoms with E-state index in [9.17, 15) is 4.39 Å². The van der Waals surface area contributed by atoms with Gasteiger partial charge in [0, 0.05) is 17.1 Å². The van der Waals surface area contributed by atoms with Crippen molar-refractivity contribution in [2.24, 2.45) is 0 Å². The lowest BCUT2D eigenvalue weighted by Gasteiger charge is -2.37. The molecule has 110 valence electrons. The van der Waals surface area contributed by atoms with Crippen molar-refractivity contribution in [1.29, 1.82) is 0 Å². The Morgan fingerprint density at radius 1 is 1.19 bits per heavy atom. The fourth-order valence-corrected chi connectivity index (χ4v) is 3.05. The molecule has 2 nitrogen and oxygen atoms in total. The third-order valence-corrected chi connectivity index (χ3v) is 4.36. The number of hydrogen-bond acceptors (Lipinski definition) is 2. The number of benzene rings is 2. The minimum absolute atomic E-state index is 0.253. The molecule has 2 aromatic rings. The van der Waals surface area contributed by atoms with Crippen LogP contribution in [0.3, 0.4) is 0 Å². The molecule has 0 unspecified atom stereocenters. The fraction of sp³-hybridized carbons (Fsp3) is 0.294. The Morgan fingerprint density at radius 2 is 1.95 bits per heavy atom. The van der Waals surface area contributed by atoms with Gasteiger partial charge in [0.2, 0.25) is 0 Å². The first-order chi connectivity index (χ1) is 10.2. The maximum absolute atomic E-state index is 13.8. The van der Waals surface area contributed by atoms with E-state index in [0.717, 1.165) is 17.9 Å². The second-order valence-corrected chi connectivity index (χ2v) is 5.78. The number of ether oxygens (including phenoxy) is 1. The van der Waals surface area contributed by atoms with Crippen LogP contribution in [-0.2, 0) is 0 Å². The normalized spacial score (nSPS) is 20.7. The monoisotopic (exact) mass is 305 g/mol. The van der Waals surface area contributed by atoms with Gasteiger partial charge < -0.3 is 10.1 Å². The molecule has 21 heavy (non-hydrogen) atoms. The fourth-order valence-electron chi connectivity index (χ4n) is 2.76. The van der Waals surface area contributed by atoms with Crippen LogP contribution in [0.2, 0.25) is 5.02 Å². The quantitative estimate of drug-likeness (QED) is 0.872. The van der Waals surface area contributed by atoms with E-state index in [1.54, 1.807) is 19.2 Å². The molecule has 2 aromatic carbocycles. The molecule has 1 aliphatic rings. The first-order valence-electron chi connectivity index (χ1n) is 7.02. The molecule has 0 amide bonds. The predicted molar refractivity (Wildman–Crippen MR) is 83.8 cm³/mol. The lowest BCUT2D eigenvalue weighted by Crippen LogP contribution is -2.34. The summed E-state index contributed by atoms with van der Waals surface area (Å²) in [5, 5.41) is 4.06. The molecule has 0 aliphatic heterocycles. The van der Waals surface area contributed by atoms with Crippen molar-refractivity contribution in [3.8, 4) is 5.75 Å². The van der Waals surface area contributed by atoms with E-state index in [-0.39, 0.29) is 11.9 Å². The molecule has 0 radical (unpaired) electrons. The van der Waals surface area contributed by atoms with Gasteiger partial charge in [0.25, 0.3) is 0 Å². The van der Waals surface area contributed by atoms with Crippen LogP contribution < -0.4 is 10.1 Å². The highest BCUT2D eigenvalue weighted by Gasteiger charge is 2.31. The van der Waals surface area contributed by atoms with Gasteiger partial charge in [-0.3, -0.25) is 0 Å². The standard InChI is InChI=1S/C17H17ClFNO/c1-21-13-6-7-16(19)17(10-13)20-12-8-11(9-12)14-4-2-3-5-15(14)18/h2-7,10-12,20H,8-9H2,1H3. The van der Waals surface area contributed by atoms with Crippen LogP contribution in [0.25, 0.3) is 0 Å². The maximum atomic E-state index is 13.8. The van der Waals surface area contributed by atoms with Gasteiger partial charge in [-0.2, -0.15) is 0 Å². The van der Waals surface area contributed by atoms with E-state index < -0.39 is 0 Å². The number of methoxy groups -OCH3 is 1. The van der Waals surface area contributed by atoms with Crippen LogP contribution in [0.5, 0.6) is 5.75 Å². The Kier molecular flexibility index (Phi) is 4.02. The lowest BCUT2D eigenvalue weighted by atomic mass is 9.76. The zero-order valence-electron chi connectivity index (χ0n) is 11.8. The molecule has 1 N–H and O–H groups in total. The molecule has 4 heteroatoms. The number of anilines is 1. The van der Waals surface area contributed by atoms with Crippen LogP contribution in [0.15, 0.2) is 42.5 Å². The van der Waals surface area contributed by atoms with Crippen LogP contribution >= 0.6 is 11.6 Å². The topological polar surface area (TPSA) is 21.3 Å². The second-order valence-electron chi connectivity index (χ2n) is 5.38. The highest BCUT2D eigenvalue weighted by Crippen LogP contribution is 2.41. The van der Waals surface area contributed by atoms with Crippen molar-refractivity contribution in [2.75, 3.05) is 12.4 Å². The average Bonchev–Trinajstić information content (AvgIpc) is 2.45. The van der Waals surface area contributed by atoms with Crippen molar-refractivity contribution in [3.63, 3.8) is 0 Å². The van der Waals surface area contributed by atoms with E-state index in [1.165, 1.54) is 11.6 Å². The molecule has 3 rings (SSSR count). The minimum Gasteiger partial charge on any atom is -0.497 e. The Morgan fingerprint density at radius 3 is 2.67 bits per heavy atom. The third-order valence-electron chi connectivity index (χ3n) is 4.02. The van der Waals surface area contributed by atoms with E-state index in [1.807, 2.05) is 18.2 Å². The summed E-state index contributed by atoms with van der Waals surface area (Å²) in [6.45, 7) is 0. The average molecular weight is 306 g/mol. The largest absolute Gasteiger partial charge is 0.497 e. The Bertz CT molecular complexity index is 640. The van der Waals surface area contributed by atoms with Gasteiger partial charge in [-0.1, -0.05) is 29.8 Å². The highest BCUT2D eigenvalue weighted by molar-refractivity contribution is 6.31. The van der Waals surface area contributed by atoms with Gasteiger partial charge in [-0.25, -0.2) is 4.39 Å². The number of halogens is 2. The van der Waals surface area contributed by atoms with Gasteiger partial charge in [-0.05, 0) is 42.5 Å². The molecule has 1 fully saturated rings. The molecule has 0 spiro atoms. The molecule has 0 heterocycles. The van der Waals surface area contributed by atoms with Crippen molar-refractivity contribution in [3.05, 3.63) is 58.9 Å². The van der Waals surface area contributed by atoms with Gasteiger partial charge in [0.1, 0.15) is 11.6 Å². The van der Waals surface area contributed by atoms with E-state index in [4.69, 9.17) is 16.3 Å². The molecule has 1 saturated carbocycles. The molecule has 0 atom stereocenters. The Labute approximate surface area is 128 Å². The smallest absolute Gasteiger partial charge is 0.146 e. The van der Waals surface area contributed by atoms with Crippen molar-refractivity contribution in [2.45, 2.75) is 24.8 Å². The number of hydrogen-bond donors (Lipinski definition) is 1. The SMILES string of the molecule is COc1ccc(F)c(NC2CC(c3ccccc3Cl)C2)c1. The van der Waals surface area contributed by atoms with Gasteiger partial charge in [-0.15, -0.1) is 0 Å². The van der Waals surface area contributed by atoms with Gasteiger partial charge in [0.15, 0.2) is 0 Å². The summed E-state index contributed by atoms with van der Waals surface area (Å²) in [6, 6.07) is 12.9. The summed E-state index contributed by atoms with van der Waals surface area (Å²) in [5.74, 6) is 0.850. The maximum Gasteiger partial charge on any atom is 0.146 e. The summed E-state index contributed by atoms with van der Waals surface area (Å²) in [7, 11) is 1.58.